The molecule has 2 aromatic carbocycles. The first-order chi connectivity index (χ1) is 14.6. The van der Waals surface area contributed by atoms with E-state index < -0.39 is 11.6 Å². The molecule has 0 bridgehead atoms. The van der Waals surface area contributed by atoms with E-state index in [1.807, 2.05) is 52.2 Å². The Morgan fingerprint density at radius 2 is 2.00 bits per heavy atom. The van der Waals surface area contributed by atoms with Crippen molar-refractivity contribution in [3.05, 3.63) is 78.1 Å². The second kappa shape index (κ2) is 8.94. The van der Waals surface area contributed by atoms with Gasteiger partial charge in [-0.25, -0.2) is 13.5 Å². The van der Waals surface area contributed by atoms with Crippen LogP contribution in [0.5, 0.6) is 0 Å². The van der Waals surface area contributed by atoms with Crippen LogP contribution in [0, 0.1) is 11.6 Å². The van der Waals surface area contributed by atoms with Gasteiger partial charge in [-0.1, -0.05) is 18.2 Å². The SMILES string of the molecule is CN=C(NCc1ccn(-c2ccccc2)n1)NC1CCN(c2ccc(F)cc2F)C1. The van der Waals surface area contributed by atoms with E-state index in [9.17, 15) is 8.78 Å². The van der Waals surface area contributed by atoms with Gasteiger partial charge in [-0.3, -0.25) is 4.99 Å². The first-order valence-corrected chi connectivity index (χ1v) is 9.89. The van der Waals surface area contributed by atoms with Gasteiger partial charge in [0.1, 0.15) is 11.6 Å². The molecule has 4 rings (SSSR count). The fourth-order valence-corrected chi connectivity index (χ4v) is 3.58. The molecule has 1 atom stereocenters. The molecule has 8 heteroatoms. The summed E-state index contributed by atoms with van der Waals surface area (Å²) in [6, 6.07) is 15.7. The summed E-state index contributed by atoms with van der Waals surface area (Å²) in [5.74, 6) is -0.438. The minimum absolute atomic E-state index is 0.113. The van der Waals surface area contributed by atoms with Crippen LogP contribution in [-0.2, 0) is 6.54 Å². The number of anilines is 1. The molecule has 1 fully saturated rings. The van der Waals surface area contributed by atoms with E-state index in [-0.39, 0.29) is 6.04 Å². The van der Waals surface area contributed by atoms with Crippen LogP contribution in [0.3, 0.4) is 0 Å². The highest BCUT2D eigenvalue weighted by Crippen LogP contribution is 2.24. The van der Waals surface area contributed by atoms with Crippen LogP contribution in [-0.4, -0.2) is 41.9 Å². The van der Waals surface area contributed by atoms with E-state index in [1.54, 1.807) is 7.05 Å². The van der Waals surface area contributed by atoms with Gasteiger partial charge in [0, 0.05) is 38.4 Å². The molecule has 156 valence electrons. The lowest BCUT2D eigenvalue weighted by molar-refractivity contribution is 0.580. The number of rotatable bonds is 5. The van der Waals surface area contributed by atoms with Gasteiger partial charge in [-0.15, -0.1) is 0 Å². The largest absolute Gasteiger partial charge is 0.367 e. The topological polar surface area (TPSA) is 57.5 Å². The van der Waals surface area contributed by atoms with Crippen molar-refractivity contribution in [3.63, 3.8) is 0 Å². The Morgan fingerprint density at radius 3 is 2.77 bits per heavy atom. The zero-order chi connectivity index (χ0) is 20.9. The van der Waals surface area contributed by atoms with E-state index in [4.69, 9.17) is 0 Å². The van der Waals surface area contributed by atoms with Crippen molar-refractivity contribution in [2.24, 2.45) is 4.99 Å². The number of para-hydroxylation sites is 1. The molecule has 0 radical (unpaired) electrons. The Hall–Kier alpha value is -3.42. The van der Waals surface area contributed by atoms with E-state index in [0.717, 1.165) is 23.9 Å². The maximum absolute atomic E-state index is 14.0. The van der Waals surface area contributed by atoms with Crippen molar-refractivity contribution in [2.45, 2.75) is 19.0 Å². The van der Waals surface area contributed by atoms with E-state index in [0.29, 0.717) is 31.3 Å². The standard InChI is InChI=1S/C22H24F2N6/c1-25-22(26-14-17-10-12-30(28-17)19-5-3-2-4-6-19)27-18-9-11-29(15-18)21-8-7-16(23)13-20(21)24/h2-8,10,12-13,18H,9,11,14-15H2,1H3,(H2,25,26,27). The summed E-state index contributed by atoms with van der Waals surface area (Å²) in [6.45, 7) is 1.84. The van der Waals surface area contributed by atoms with Crippen LogP contribution in [0.2, 0.25) is 0 Å². The minimum Gasteiger partial charge on any atom is -0.367 e. The third kappa shape index (κ3) is 4.59. The highest BCUT2D eigenvalue weighted by Gasteiger charge is 2.25. The van der Waals surface area contributed by atoms with E-state index in [1.165, 1.54) is 12.1 Å². The highest BCUT2D eigenvalue weighted by molar-refractivity contribution is 5.80. The number of hydrogen-bond donors (Lipinski definition) is 2. The van der Waals surface area contributed by atoms with Gasteiger partial charge < -0.3 is 15.5 Å². The molecule has 0 aliphatic carbocycles. The van der Waals surface area contributed by atoms with Crippen LogP contribution in [0.15, 0.2) is 65.8 Å². The zero-order valence-electron chi connectivity index (χ0n) is 16.7. The average Bonchev–Trinajstić information content (AvgIpc) is 3.41. The lowest BCUT2D eigenvalue weighted by Gasteiger charge is -2.20. The third-order valence-corrected chi connectivity index (χ3v) is 5.11. The van der Waals surface area contributed by atoms with E-state index >= 15 is 0 Å². The predicted octanol–water partition coefficient (Wildman–Crippen LogP) is 3.09. The quantitative estimate of drug-likeness (QED) is 0.501. The Labute approximate surface area is 174 Å². The van der Waals surface area contributed by atoms with Crippen molar-refractivity contribution in [2.75, 3.05) is 25.0 Å². The predicted molar refractivity (Wildman–Crippen MR) is 114 cm³/mol. The Morgan fingerprint density at radius 1 is 1.17 bits per heavy atom. The number of benzene rings is 2. The second-order valence-electron chi connectivity index (χ2n) is 7.18. The molecule has 2 N–H and O–H groups in total. The minimum atomic E-state index is -0.565. The molecular formula is C22H24F2N6. The molecule has 1 aromatic heterocycles. The van der Waals surface area contributed by atoms with E-state index in [2.05, 4.69) is 20.7 Å². The monoisotopic (exact) mass is 410 g/mol. The fraction of sp³-hybridized carbons (Fsp3) is 0.273. The van der Waals surface area contributed by atoms with Crippen LogP contribution in [0.4, 0.5) is 14.5 Å². The van der Waals surface area contributed by atoms with Crippen molar-refractivity contribution >= 4 is 11.6 Å². The van der Waals surface area contributed by atoms with Crippen LogP contribution in [0.25, 0.3) is 5.69 Å². The molecule has 3 aromatic rings. The van der Waals surface area contributed by atoms with Crippen LogP contribution < -0.4 is 15.5 Å². The van der Waals surface area contributed by atoms with Crippen molar-refractivity contribution in [1.29, 1.82) is 0 Å². The highest BCUT2D eigenvalue weighted by atomic mass is 19.1. The Kier molecular flexibility index (Phi) is 5.92. The van der Waals surface area contributed by atoms with Gasteiger partial charge in [0.25, 0.3) is 0 Å². The van der Waals surface area contributed by atoms with Gasteiger partial charge in [0.2, 0.25) is 0 Å². The summed E-state index contributed by atoms with van der Waals surface area (Å²) in [5.41, 5.74) is 2.32. The number of aromatic nitrogens is 2. The summed E-state index contributed by atoms with van der Waals surface area (Å²) in [4.78, 5) is 6.19. The third-order valence-electron chi connectivity index (χ3n) is 5.11. The molecule has 1 saturated heterocycles. The number of aliphatic imine (C=N–C) groups is 1. The lowest BCUT2D eigenvalue weighted by atomic mass is 10.2. The molecule has 30 heavy (non-hydrogen) atoms. The molecule has 2 heterocycles. The van der Waals surface area contributed by atoms with Gasteiger partial charge in [-0.2, -0.15) is 5.10 Å². The maximum Gasteiger partial charge on any atom is 0.191 e. The summed E-state index contributed by atoms with van der Waals surface area (Å²) < 4.78 is 29.0. The Bertz CT molecular complexity index is 1020. The smallest absolute Gasteiger partial charge is 0.191 e. The van der Waals surface area contributed by atoms with Crippen molar-refractivity contribution in [3.8, 4) is 5.69 Å². The number of nitrogens with one attached hydrogen (secondary N) is 2. The normalized spacial score (nSPS) is 16.7. The molecular weight excluding hydrogens is 386 g/mol. The van der Waals surface area contributed by atoms with Crippen molar-refractivity contribution < 1.29 is 8.78 Å². The number of halogens is 2. The summed E-state index contributed by atoms with van der Waals surface area (Å²) in [5, 5.41) is 11.2. The molecule has 1 aliphatic rings. The first-order valence-electron chi connectivity index (χ1n) is 9.89. The molecule has 6 nitrogen and oxygen atoms in total. The summed E-state index contributed by atoms with van der Waals surface area (Å²) in [7, 11) is 1.71. The first kappa shape index (κ1) is 19.9. The summed E-state index contributed by atoms with van der Waals surface area (Å²) >= 11 is 0. The molecule has 1 unspecified atom stereocenters. The van der Waals surface area contributed by atoms with Crippen LogP contribution >= 0.6 is 0 Å². The average molecular weight is 410 g/mol. The zero-order valence-corrected chi connectivity index (χ0v) is 16.7. The molecule has 0 amide bonds. The molecule has 1 aliphatic heterocycles. The van der Waals surface area contributed by atoms with Crippen LogP contribution in [0.1, 0.15) is 12.1 Å². The second-order valence-corrected chi connectivity index (χ2v) is 7.18. The number of hydrogen-bond acceptors (Lipinski definition) is 3. The summed E-state index contributed by atoms with van der Waals surface area (Å²) in [6.07, 6.45) is 2.76. The lowest BCUT2D eigenvalue weighted by Crippen LogP contribution is -2.44. The van der Waals surface area contributed by atoms with Gasteiger partial charge in [-0.05, 0) is 36.8 Å². The van der Waals surface area contributed by atoms with Gasteiger partial charge >= 0.3 is 0 Å². The van der Waals surface area contributed by atoms with Crippen molar-refractivity contribution in [1.82, 2.24) is 20.4 Å². The maximum atomic E-state index is 14.0. The number of nitrogens with zero attached hydrogens (tertiary/aromatic N) is 4. The van der Waals surface area contributed by atoms with Gasteiger partial charge in [0.05, 0.1) is 23.6 Å². The molecule has 0 spiro atoms. The Balaban J connectivity index is 1.31. The number of guanidine groups is 1. The van der Waals surface area contributed by atoms with Gasteiger partial charge in [0.15, 0.2) is 5.96 Å². The fourth-order valence-electron chi connectivity index (χ4n) is 3.58. The molecule has 0 saturated carbocycles.